The van der Waals surface area contributed by atoms with Crippen LogP contribution >= 0.6 is 0 Å². The number of nitrogens with one attached hydrogen (secondary N) is 2. The van der Waals surface area contributed by atoms with Crippen molar-refractivity contribution in [3.63, 3.8) is 0 Å². The Hall–Kier alpha value is -2.82. The van der Waals surface area contributed by atoms with E-state index in [-0.39, 0.29) is 5.91 Å². The van der Waals surface area contributed by atoms with E-state index in [1.165, 1.54) is 22.3 Å². The quantitative estimate of drug-likeness (QED) is 0.860. The standard InChI is InChI=1S/C22H26N4O/c27-21-7-3-14-26(21)16-17-8-10-18(11-9-17)20-6-2-1-5-19(20)15-25-22-23-12-4-13-24-22/h1-2,5-6,8-11H,3-4,7,12-16H2,(H2,23,24,25). The molecular weight excluding hydrogens is 336 g/mol. The van der Waals surface area contributed by atoms with E-state index in [0.29, 0.717) is 13.0 Å². The molecule has 0 bridgehead atoms. The van der Waals surface area contributed by atoms with Gasteiger partial charge in [-0.05, 0) is 35.1 Å². The van der Waals surface area contributed by atoms with Gasteiger partial charge < -0.3 is 15.5 Å². The molecule has 1 fully saturated rings. The van der Waals surface area contributed by atoms with Gasteiger partial charge in [-0.2, -0.15) is 0 Å². The maximum atomic E-state index is 11.8. The van der Waals surface area contributed by atoms with Crippen molar-refractivity contribution < 1.29 is 4.79 Å². The fraction of sp³-hybridized carbons (Fsp3) is 0.364. The van der Waals surface area contributed by atoms with Gasteiger partial charge in [0.15, 0.2) is 5.96 Å². The first kappa shape index (κ1) is 17.6. The van der Waals surface area contributed by atoms with Crippen molar-refractivity contribution >= 4 is 11.9 Å². The van der Waals surface area contributed by atoms with Crippen molar-refractivity contribution in [2.75, 3.05) is 19.6 Å². The van der Waals surface area contributed by atoms with Crippen molar-refractivity contribution in [3.05, 3.63) is 59.7 Å². The molecular formula is C22H26N4O. The van der Waals surface area contributed by atoms with Gasteiger partial charge in [0.25, 0.3) is 0 Å². The molecule has 140 valence electrons. The minimum atomic E-state index is 0.273. The number of hydrogen-bond acceptors (Lipinski definition) is 4. The molecule has 4 rings (SSSR count). The summed E-state index contributed by atoms with van der Waals surface area (Å²) in [5.74, 6) is 1.16. The minimum absolute atomic E-state index is 0.273. The molecule has 2 aliphatic heterocycles. The third-order valence-electron chi connectivity index (χ3n) is 5.17. The molecule has 5 nitrogen and oxygen atoms in total. The van der Waals surface area contributed by atoms with Gasteiger partial charge in [0.1, 0.15) is 0 Å². The van der Waals surface area contributed by atoms with Crippen LogP contribution in [0, 0.1) is 0 Å². The first-order valence-electron chi connectivity index (χ1n) is 9.77. The van der Waals surface area contributed by atoms with Gasteiger partial charge in [-0.25, -0.2) is 0 Å². The summed E-state index contributed by atoms with van der Waals surface area (Å²) in [7, 11) is 0. The van der Waals surface area contributed by atoms with Crippen molar-refractivity contribution in [1.29, 1.82) is 0 Å². The number of likely N-dealkylation sites (tertiary alicyclic amines) is 1. The number of nitrogens with zero attached hydrogens (tertiary/aromatic N) is 2. The highest BCUT2D eigenvalue weighted by atomic mass is 16.2. The maximum Gasteiger partial charge on any atom is 0.222 e. The van der Waals surface area contributed by atoms with Crippen LogP contribution in [-0.4, -0.2) is 36.4 Å². The lowest BCUT2D eigenvalue weighted by Gasteiger charge is -2.18. The van der Waals surface area contributed by atoms with Crippen LogP contribution in [0.3, 0.4) is 0 Å². The van der Waals surface area contributed by atoms with E-state index in [1.54, 1.807) is 0 Å². The molecule has 2 aromatic carbocycles. The number of aliphatic imine (C=N–C) groups is 1. The Morgan fingerprint density at radius 2 is 1.93 bits per heavy atom. The summed E-state index contributed by atoms with van der Waals surface area (Å²) in [5, 5.41) is 6.71. The molecule has 0 saturated carbocycles. The first-order chi connectivity index (χ1) is 13.3. The van der Waals surface area contributed by atoms with Crippen molar-refractivity contribution in [2.45, 2.75) is 32.4 Å². The number of carbonyl (C=O) groups excluding carboxylic acids is 1. The second-order valence-electron chi connectivity index (χ2n) is 7.14. The summed E-state index contributed by atoms with van der Waals surface area (Å²) in [4.78, 5) is 18.2. The number of carbonyl (C=O) groups is 1. The highest BCUT2D eigenvalue weighted by Crippen LogP contribution is 2.25. The van der Waals surface area contributed by atoms with Gasteiger partial charge in [-0.3, -0.25) is 9.79 Å². The lowest BCUT2D eigenvalue weighted by molar-refractivity contribution is -0.128. The summed E-state index contributed by atoms with van der Waals surface area (Å²) in [6.07, 6.45) is 2.77. The number of guanidine groups is 1. The Morgan fingerprint density at radius 3 is 2.67 bits per heavy atom. The lowest BCUT2D eigenvalue weighted by Crippen LogP contribution is -2.40. The van der Waals surface area contributed by atoms with E-state index in [9.17, 15) is 4.79 Å². The van der Waals surface area contributed by atoms with Crippen molar-refractivity contribution in [3.8, 4) is 11.1 Å². The molecule has 0 aromatic heterocycles. The zero-order valence-corrected chi connectivity index (χ0v) is 15.6. The van der Waals surface area contributed by atoms with Gasteiger partial charge in [-0.1, -0.05) is 48.5 Å². The summed E-state index contributed by atoms with van der Waals surface area (Å²) in [6.45, 7) is 4.21. The van der Waals surface area contributed by atoms with E-state index in [2.05, 4.69) is 64.2 Å². The summed E-state index contributed by atoms with van der Waals surface area (Å²) >= 11 is 0. The fourth-order valence-electron chi connectivity index (χ4n) is 3.67. The summed E-state index contributed by atoms with van der Waals surface area (Å²) in [5.41, 5.74) is 4.85. The molecule has 2 aliphatic rings. The molecule has 0 aliphatic carbocycles. The number of rotatable bonds is 5. The van der Waals surface area contributed by atoms with Crippen LogP contribution in [0.5, 0.6) is 0 Å². The zero-order valence-electron chi connectivity index (χ0n) is 15.6. The minimum Gasteiger partial charge on any atom is -0.356 e. The van der Waals surface area contributed by atoms with Crippen LogP contribution in [0.2, 0.25) is 0 Å². The Balaban J connectivity index is 1.46. The summed E-state index contributed by atoms with van der Waals surface area (Å²) < 4.78 is 0. The molecule has 27 heavy (non-hydrogen) atoms. The average Bonchev–Trinajstić information content (AvgIpc) is 3.12. The van der Waals surface area contributed by atoms with Crippen LogP contribution in [0.25, 0.3) is 11.1 Å². The molecule has 0 unspecified atom stereocenters. The molecule has 0 spiro atoms. The van der Waals surface area contributed by atoms with Gasteiger partial charge >= 0.3 is 0 Å². The second kappa shape index (κ2) is 8.25. The van der Waals surface area contributed by atoms with Gasteiger partial charge in [-0.15, -0.1) is 0 Å². The molecule has 5 heteroatoms. The SMILES string of the molecule is O=C1CCCN1Cc1ccc(-c2ccccc2CNC2=NCCCN2)cc1. The predicted molar refractivity (Wildman–Crippen MR) is 108 cm³/mol. The van der Waals surface area contributed by atoms with Crippen LogP contribution in [-0.2, 0) is 17.9 Å². The van der Waals surface area contributed by atoms with Crippen molar-refractivity contribution in [1.82, 2.24) is 15.5 Å². The largest absolute Gasteiger partial charge is 0.356 e. The predicted octanol–water partition coefficient (Wildman–Crippen LogP) is 2.91. The smallest absolute Gasteiger partial charge is 0.222 e. The Bertz CT molecular complexity index is 828. The maximum absolute atomic E-state index is 11.8. The van der Waals surface area contributed by atoms with E-state index < -0.39 is 0 Å². The second-order valence-corrected chi connectivity index (χ2v) is 7.14. The molecule has 2 N–H and O–H groups in total. The number of benzene rings is 2. The molecule has 0 atom stereocenters. The van der Waals surface area contributed by atoms with E-state index in [0.717, 1.165) is 45.0 Å². The lowest BCUT2D eigenvalue weighted by atomic mass is 9.98. The Morgan fingerprint density at radius 1 is 1.07 bits per heavy atom. The first-order valence-corrected chi connectivity index (χ1v) is 9.77. The third-order valence-corrected chi connectivity index (χ3v) is 5.17. The van der Waals surface area contributed by atoms with Gasteiger partial charge in [0.2, 0.25) is 5.91 Å². The molecule has 2 aromatic rings. The molecule has 1 amide bonds. The number of amides is 1. The van der Waals surface area contributed by atoms with E-state index >= 15 is 0 Å². The summed E-state index contributed by atoms with van der Waals surface area (Å²) in [6, 6.07) is 17.1. The van der Waals surface area contributed by atoms with Crippen LogP contribution in [0.15, 0.2) is 53.5 Å². The average molecular weight is 362 g/mol. The topological polar surface area (TPSA) is 56.7 Å². The highest BCUT2D eigenvalue weighted by Gasteiger charge is 2.19. The van der Waals surface area contributed by atoms with Gasteiger partial charge in [0.05, 0.1) is 0 Å². The van der Waals surface area contributed by atoms with Crippen LogP contribution in [0.1, 0.15) is 30.4 Å². The normalized spacial score (nSPS) is 16.8. The molecule has 2 heterocycles. The third kappa shape index (κ3) is 4.30. The van der Waals surface area contributed by atoms with Gasteiger partial charge in [0, 0.05) is 39.1 Å². The van der Waals surface area contributed by atoms with Crippen molar-refractivity contribution in [2.24, 2.45) is 4.99 Å². The van der Waals surface area contributed by atoms with E-state index in [4.69, 9.17) is 0 Å². The van der Waals surface area contributed by atoms with Crippen LogP contribution in [0.4, 0.5) is 0 Å². The Kier molecular flexibility index (Phi) is 5.37. The monoisotopic (exact) mass is 362 g/mol. The zero-order chi connectivity index (χ0) is 18.5. The number of hydrogen-bond donors (Lipinski definition) is 2. The highest BCUT2D eigenvalue weighted by molar-refractivity contribution is 5.80. The molecule has 1 saturated heterocycles. The fourth-order valence-corrected chi connectivity index (χ4v) is 3.67. The molecule has 0 radical (unpaired) electrons. The van der Waals surface area contributed by atoms with E-state index in [1.807, 2.05) is 4.90 Å². The van der Waals surface area contributed by atoms with Crippen LogP contribution < -0.4 is 10.6 Å². The Labute approximate surface area is 160 Å².